The van der Waals surface area contributed by atoms with E-state index in [9.17, 15) is 14.3 Å². The van der Waals surface area contributed by atoms with Gasteiger partial charge in [0.2, 0.25) is 5.62 Å². The monoisotopic (exact) mass is 602 g/mol. The number of aliphatic hydroxyl groups is 1. The molecule has 0 unspecified atom stereocenters. The summed E-state index contributed by atoms with van der Waals surface area (Å²) in [5, 5.41) is 15.1. The molecule has 1 atom stereocenters. The quantitative estimate of drug-likeness (QED) is 0.248. The number of nitrogens with zero attached hydrogens (tertiary/aromatic N) is 5. The number of aliphatic hydroxyl groups excluding tert-OH is 1. The molecule has 11 heteroatoms. The van der Waals surface area contributed by atoms with Crippen molar-refractivity contribution >= 4 is 22.6 Å². The summed E-state index contributed by atoms with van der Waals surface area (Å²) in [7, 11) is 0. The third-order valence-electron chi connectivity index (χ3n) is 7.54. The molecule has 1 aliphatic rings. The van der Waals surface area contributed by atoms with E-state index in [0.29, 0.717) is 48.6 Å². The van der Waals surface area contributed by atoms with Gasteiger partial charge in [0.25, 0.3) is 5.91 Å². The maximum absolute atomic E-state index is 13.4. The third-order valence-corrected chi connectivity index (χ3v) is 7.54. The second-order valence-electron chi connectivity index (χ2n) is 11.4. The van der Waals surface area contributed by atoms with Gasteiger partial charge < -0.3 is 19.9 Å². The number of ether oxygens (including phenoxy) is 2. The number of nitrogens with one attached hydrogen (secondary N) is 1. The Morgan fingerprint density at radius 1 is 1.11 bits per heavy atom. The molecule has 0 radical (unpaired) electrons. The first-order valence-electron chi connectivity index (χ1n) is 15.0. The minimum absolute atomic E-state index is 0.0461. The van der Waals surface area contributed by atoms with Crippen molar-refractivity contribution in [1.82, 2.24) is 19.4 Å². The Labute approximate surface area is 256 Å². The van der Waals surface area contributed by atoms with Crippen LogP contribution in [0.4, 0.5) is 10.2 Å². The predicted molar refractivity (Wildman–Crippen MR) is 166 cm³/mol. The number of fused-ring (bicyclic) bond motifs is 3. The molecule has 1 amide bonds. The van der Waals surface area contributed by atoms with Crippen molar-refractivity contribution in [3.63, 3.8) is 0 Å². The number of hydrogen-bond acceptors (Lipinski definition) is 8. The first-order chi connectivity index (χ1) is 21.2. The molecule has 0 aliphatic carbocycles. The minimum atomic E-state index is -0.740. The molecule has 4 aromatic rings. The van der Waals surface area contributed by atoms with Gasteiger partial charge in [-0.3, -0.25) is 19.2 Å². The van der Waals surface area contributed by atoms with Crippen molar-refractivity contribution < 1.29 is 23.8 Å². The Morgan fingerprint density at radius 3 is 2.59 bits per heavy atom. The molecule has 2 N–H and O–H groups in total. The summed E-state index contributed by atoms with van der Waals surface area (Å²) in [6, 6.07) is 13.9. The van der Waals surface area contributed by atoms with Gasteiger partial charge >= 0.3 is 0 Å². The van der Waals surface area contributed by atoms with Gasteiger partial charge in [-0.15, -0.1) is 0 Å². The number of aromatic nitrogens is 3. The summed E-state index contributed by atoms with van der Waals surface area (Å²) in [6.45, 7) is 10.4. The van der Waals surface area contributed by atoms with Crippen molar-refractivity contribution in [1.29, 1.82) is 0 Å². The molecular weight excluding hydrogens is 563 g/mol. The van der Waals surface area contributed by atoms with Crippen LogP contribution < -0.4 is 20.4 Å². The van der Waals surface area contributed by atoms with Crippen molar-refractivity contribution in [2.75, 3.05) is 31.6 Å². The lowest BCUT2D eigenvalue weighted by atomic mass is 10.1. The van der Waals surface area contributed by atoms with Gasteiger partial charge in [0.05, 0.1) is 12.2 Å². The van der Waals surface area contributed by atoms with Crippen LogP contribution in [0.1, 0.15) is 43.6 Å². The Morgan fingerprint density at radius 2 is 1.89 bits per heavy atom. The summed E-state index contributed by atoms with van der Waals surface area (Å²) in [5.41, 5.74) is 1.97. The molecule has 0 spiro atoms. The highest BCUT2D eigenvalue weighted by Gasteiger charge is 2.23. The van der Waals surface area contributed by atoms with E-state index in [1.165, 1.54) is 18.3 Å². The van der Waals surface area contributed by atoms with Gasteiger partial charge in [-0.1, -0.05) is 12.1 Å². The first-order valence-corrected chi connectivity index (χ1v) is 15.0. The van der Waals surface area contributed by atoms with Crippen LogP contribution in [0.25, 0.3) is 10.9 Å². The Kier molecular flexibility index (Phi) is 9.86. The zero-order chi connectivity index (χ0) is 31.2. The number of hydrogen-bond donors (Lipinski definition) is 2. The van der Waals surface area contributed by atoms with Gasteiger partial charge in [-0.25, -0.2) is 9.37 Å². The summed E-state index contributed by atoms with van der Waals surface area (Å²) in [5.74, 6) is 0.805. The molecule has 10 nitrogen and oxygen atoms in total. The SMILES string of the molecule is CC(C)N(C[C@@H](O)COc1ccc2c3n(c(=NC(=O)c4cccnc4)nc2c1OCCc1ccc(F)cc1)CCN3)C(C)C. The van der Waals surface area contributed by atoms with E-state index in [0.717, 1.165) is 16.8 Å². The molecule has 0 fully saturated rings. The predicted octanol–water partition coefficient (Wildman–Crippen LogP) is 4.22. The smallest absolute Gasteiger partial charge is 0.281 e. The normalized spacial score (nSPS) is 13.9. The highest BCUT2D eigenvalue weighted by molar-refractivity contribution is 5.96. The van der Waals surface area contributed by atoms with Crippen molar-refractivity contribution in [3.05, 3.63) is 83.5 Å². The molecule has 0 saturated carbocycles. The van der Waals surface area contributed by atoms with Crippen LogP contribution >= 0.6 is 0 Å². The van der Waals surface area contributed by atoms with Crippen LogP contribution in [-0.2, 0) is 13.0 Å². The fraction of sp³-hybridized carbons (Fsp3) is 0.394. The number of benzene rings is 2. The maximum Gasteiger partial charge on any atom is 0.281 e. The first kappa shape index (κ1) is 31.1. The Balaban J connectivity index is 1.51. The molecule has 1 aliphatic heterocycles. The highest BCUT2D eigenvalue weighted by Crippen LogP contribution is 2.37. The second-order valence-corrected chi connectivity index (χ2v) is 11.4. The lowest BCUT2D eigenvalue weighted by molar-refractivity contribution is 0.0437. The largest absolute Gasteiger partial charge is 0.487 e. The lowest BCUT2D eigenvalue weighted by Crippen LogP contribution is -2.43. The second kappa shape index (κ2) is 14.0. The molecule has 0 bridgehead atoms. The van der Waals surface area contributed by atoms with Crippen molar-refractivity contribution in [2.45, 2.75) is 58.8 Å². The van der Waals surface area contributed by atoms with Gasteiger partial charge in [0.15, 0.2) is 11.5 Å². The van der Waals surface area contributed by atoms with Crippen molar-refractivity contribution in [2.24, 2.45) is 4.99 Å². The lowest BCUT2D eigenvalue weighted by Gasteiger charge is -2.32. The molecule has 44 heavy (non-hydrogen) atoms. The molecule has 3 heterocycles. The van der Waals surface area contributed by atoms with Crippen LogP contribution in [0.2, 0.25) is 0 Å². The average Bonchev–Trinajstić information content (AvgIpc) is 3.51. The zero-order valence-electron chi connectivity index (χ0n) is 25.5. The summed E-state index contributed by atoms with van der Waals surface area (Å²) < 4.78 is 27.8. The molecule has 232 valence electrons. The average molecular weight is 603 g/mol. The molecule has 0 saturated heterocycles. The van der Waals surface area contributed by atoms with Crippen molar-refractivity contribution in [3.8, 4) is 11.5 Å². The molecular formula is C33H39FN6O4. The van der Waals surface area contributed by atoms with Crippen LogP contribution in [0, 0.1) is 5.82 Å². The molecule has 2 aromatic carbocycles. The number of amides is 1. The van der Waals surface area contributed by atoms with Gasteiger partial charge in [0.1, 0.15) is 29.9 Å². The van der Waals surface area contributed by atoms with Gasteiger partial charge in [-0.2, -0.15) is 4.99 Å². The van der Waals surface area contributed by atoms with E-state index in [1.807, 2.05) is 16.7 Å². The van der Waals surface area contributed by atoms with E-state index in [1.54, 1.807) is 30.5 Å². The summed E-state index contributed by atoms with van der Waals surface area (Å²) in [4.78, 5) is 28.4. The number of halogens is 1. The minimum Gasteiger partial charge on any atom is -0.487 e. The van der Waals surface area contributed by atoms with Crippen LogP contribution in [0.5, 0.6) is 11.5 Å². The Bertz CT molecular complexity index is 1650. The number of carbonyl (C=O) groups excluding carboxylic acids is 1. The summed E-state index contributed by atoms with van der Waals surface area (Å²) >= 11 is 0. The van der Waals surface area contributed by atoms with E-state index in [2.05, 4.69) is 47.9 Å². The van der Waals surface area contributed by atoms with E-state index in [-0.39, 0.29) is 36.7 Å². The number of anilines is 1. The fourth-order valence-corrected chi connectivity index (χ4v) is 5.35. The molecule has 5 rings (SSSR count). The van der Waals surface area contributed by atoms with Crippen LogP contribution in [0.3, 0.4) is 0 Å². The third kappa shape index (κ3) is 7.23. The van der Waals surface area contributed by atoms with Gasteiger partial charge in [-0.05, 0) is 69.7 Å². The fourth-order valence-electron chi connectivity index (χ4n) is 5.35. The number of pyridine rings is 1. The van der Waals surface area contributed by atoms with E-state index in [4.69, 9.17) is 14.5 Å². The summed E-state index contributed by atoms with van der Waals surface area (Å²) in [6.07, 6.45) is 2.84. The maximum atomic E-state index is 13.4. The van der Waals surface area contributed by atoms with E-state index < -0.39 is 12.0 Å². The zero-order valence-corrected chi connectivity index (χ0v) is 25.5. The van der Waals surface area contributed by atoms with E-state index >= 15 is 0 Å². The standard InChI is InChI=1S/C33H39FN6O4/c1-21(2)40(22(3)4)19-26(41)20-44-28-12-11-27-29(30(28)43-17-13-23-7-9-25(34)10-8-23)37-33(39-16-15-36-31(27)39)38-32(42)24-6-5-14-35-18-24/h5-12,14,18,21-22,26,36,41H,13,15-17,19-20H2,1-4H3/t26-/m1/s1. The number of rotatable bonds is 12. The van der Waals surface area contributed by atoms with Gasteiger partial charge in [0, 0.05) is 55.9 Å². The molecule has 2 aromatic heterocycles. The topological polar surface area (TPSA) is 114 Å². The Hall–Kier alpha value is -4.35. The number of carbonyl (C=O) groups is 1. The van der Waals surface area contributed by atoms with Crippen LogP contribution in [-0.4, -0.2) is 74.9 Å². The van der Waals surface area contributed by atoms with Crippen LogP contribution in [0.15, 0.2) is 65.9 Å². The highest BCUT2D eigenvalue weighted by atomic mass is 19.1.